The Morgan fingerprint density at radius 2 is 1.83 bits per heavy atom. The zero-order valence-corrected chi connectivity index (χ0v) is 18.7. The van der Waals surface area contributed by atoms with Crippen molar-refractivity contribution in [3.05, 3.63) is 77.3 Å². The van der Waals surface area contributed by atoms with Crippen LogP contribution in [0.15, 0.2) is 60.6 Å². The lowest BCUT2D eigenvalue weighted by atomic mass is 9.92. The Morgan fingerprint density at radius 1 is 1.03 bits per heavy atom. The van der Waals surface area contributed by atoms with Gasteiger partial charge in [-0.15, -0.1) is 6.58 Å². The van der Waals surface area contributed by atoms with Gasteiger partial charge in [0.1, 0.15) is 0 Å². The van der Waals surface area contributed by atoms with E-state index in [1.54, 1.807) is 0 Å². The van der Waals surface area contributed by atoms with Crippen LogP contribution in [0.1, 0.15) is 43.9 Å². The van der Waals surface area contributed by atoms with Crippen LogP contribution >= 0.6 is 11.5 Å². The fourth-order valence-electron chi connectivity index (χ4n) is 3.72. The van der Waals surface area contributed by atoms with Gasteiger partial charge in [-0.3, -0.25) is 0 Å². The van der Waals surface area contributed by atoms with Crippen molar-refractivity contribution in [2.45, 2.75) is 47.0 Å². The van der Waals surface area contributed by atoms with Crippen LogP contribution < -0.4 is 0 Å². The molecule has 0 aliphatic heterocycles. The number of fused-ring (bicyclic) bond motifs is 1. The SMILES string of the molecule is C=CCC.CCc1cc(-c2nscc2-c2ccc3[nH]ccc3c2)cc(C)c1CC. The predicted molar refractivity (Wildman–Crippen MR) is 129 cm³/mol. The van der Waals surface area contributed by atoms with Crippen LogP contribution in [-0.4, -0.2) is 9.36 Å². The second-order valence-electron chi connectivity index (χ2n) is 7.19. The van der Waals surface area contributed by atoms with E-state index in [0.29, 0.717) is 0 Å². The number of aromatic nitrogens is 2. The van der Waals surface area contributed by atoms with Crippen LogP contribution in [0.25, 0.3) is 33.3 Å². The molecule has 4 rings (SSSR count). The van der Waals surface area contributed by atoms with Gasteiger partial charge in [-0.25, -0.2) is 0 Å². The van der Waals surface area contributed by atoms with E-state index < -0.39 is 0 Å². The van der Waals surface area contributed by atoms with Crippen molar-refractivity contribution < 1.29 is 0 Å². The van der Waals surface area contributed by atoms with Crippen LogP contribution in [0.3, 0.4) is 0 Å². The van der Waals surface area contributed by atoms with Crippen molar-refractivity contribution in [3.63, 3.8) is 0 Å². The monoisotopic (exact) mass is 402 g/mol. The van der Waals surface area contributed by atoms with E-state index >= 15 is 0 Å². The zero-order chi connectivity index (χ0) is 20.8. The molecule has 4 aromatic rings. The van der Waals surface area contributed by atoms with Gasteiger partial charge in [0.25, 0.3) is 0 Å². The van der Waals surface area contributed by atoms with Gasteiger partial charge in [0.15, 0.2) is 0 Å². The number of nitrogens with zero attached hydrogens (tertiary/aromatic N) is 1. The van der Waals surface area contributed by atoms with Gasteiger partial charge in [-0.1, -0.05) is 32.9 Å². The summed E-state index contributed by atoms with van der Waals surface area (Å²) in [6.07, 6.45) is 7.09. The molecular formula is C26H30N2S. The molecule has 0 unspecified atom stereocenters. The van der Waals surface area contributed by atoms with Gasteiger partial charge >= 0.3 is 0 Å². The van der Waals surface area contributed by atoms with E-state index in [-0.39, 0.29) is 0 Å². The predicted octanol–water partition coefficient (Wildman–Crippen LogP) is 7.97. The highest BCUT2D eigenvalue weighted by molar-refractivity contribution is 7.04. The standard InChI is InChI=1S/C22H22N2S.C4H8/c1-4-15-11-18(10-14(3)19(15)5-2)22-20(13-25-24-22)16-6-7-21-17(12-16)8-9-23-21;1-3-4-2/h6-13,23H,4-5H2,1-3H3;3H,1,4H2,2H3. The molecule has 3 heteroatoms. The number of aryl methyl sites for hydroxylation is 2. The van der Waals surface area contributed by atoms with Crippen LogP contribution in [-0.2, 0) is 12.8 Å². The number of aromatic amines is 1. The summed E-state index contributed by atoms with van der Waals surface area (Å²) in [5, 5.41) is 3.40. The number of hydrogen-bond acceptors (Lipinski definition) is 2. The number of hydrogen-bond donors (Lipinski definition) is 1. The Labute approximate surface area is 178 Å². The van der Waals surface area contributed by atoms with Crippen LogP contribution in [0.2, 0.25) is 0 Å². The van der Waals surface area contributed by atoms with Gasteiger partial charge in [0.2, 0.25) is 0 Å². The first-order chi connectivity index (χ1) is 14.1. The minimum atomic E-state index is 1.06. The molecule has 1 N–H and O–H groups in total. The molecule has 0 saturated carbocycles. The molecule has 2 aromatic carbocycles. The Morgan fingerprint density at radius 3 is 2.52 bits per heavy atom. The average Bonchev–Trinajstić information content (AvgIpc) is 3.42. The molecule has 2 aromatic heterocycles. The van der Waals surface area contributed by atoms with Crippen molar-refractivity contribution in [2.75, 3.05) is 0 Å². The lowest BCUT2D eigenvalue weighted by Crippen LogP contribution is -1.96. The molecule has 0 bridgehead atoms. The van der Waals surface area contributed by atoms with Gasteiger partial charge < -0.3 is 4.98 Å². The van der Waals surface area contributed by atoms with E-state index in [2.05, 4.69) is 81.0 Å². The summed E-state index contributed by atoms with van der Waals surface area (Å²) in [7, 11) is 0. The number of nitrogens with one attached hydrogen (secondary N) is 1. The Bertz CT molecular complexity index is 1100. The van der Waals surface area contributed by atoms with Crippen LogP contribution in [0.5, 0.6) is 0 Å². The zero-order valence-electron chi connectivity index (χ0n) is 17.9. The van der Waals surface area contributed by atoms with Crippen molar-refractivity contribution in [1.82, 2.24) is 9.36 Å². The van der Waals surface area contributed by atoms with E-state index in [4.69, 9.17) is 4.37 Å². The fourth-order valence-corrected chi connectivity index (χ4v) is 4.43. The highest BCUT2D eigenvalue weighted by Crippen LogP contribution is 2.36. The Hall–Kier alpha value is -2.65. The number of allylic oxidation sites excluding steroid dienone is 1. The van der Waals surface area contributed by atoms with Crippen molar-refractivity contribution in [3.8, 4) is 22.4 Å². The Balaban J connectivity index is 0.000000552. The van der Waals surface area contributed by atoms with Crippen LogP contribution in [0.4, 0.5) is 0 Å². The first kappa shape index (κ1) is 21.1. The van der Waals surface area contributed by atoms with E-state index in [0.717, 1.165) is 25.0 Å². The first-order valence-electron chi connectivity index (χ1n) is 10.4. The lowest BCUT2D eigenvalue weighted by molar-refractivity contribution is 1.02. The average molecular weight is 403 g/mol. The second kappa shape index (κ2) is 9.71. The van der Waals surface area contributed by atoms with E-state index in [9.17, 15) is 0 Å². The van der Waals surface area contributed by atoms with Gasteiger partial charge in [-0.2, -0.15) is 4.37 Å². The summed E-state index contributed by atoms with van der Waals surface area (Å²) < 4.78 is 4.74. The molecule has 2 nitrogen and oxygen atoms in total. The van der Waals surface area contributed by atoms with Gasteiger partial charge in [0, 0.05) is 28.2 Å². The minimum Gasteiger partial charge on any atom is -0.361 e. The molecule has 0 spiro atoms. The van der Waals surface area contributed by atoms with Crippen molar-refractivity contribution >= 4 is 22.4 Å². The summed E-state index contributed by atoms with van der Waals surface area (Å²) in [5.74, 6) is 0. The molecule has 0 fully saturated rings. The molecule has 150 valence electrons. The molecule has 0 aliphatic rings. The third-order valence-corrected chi connectivity index (χ3v) is 5.92. The van der Waals surface area contributed by atoms with Crippen molar-refractivity contribution in [2.24, 2.45) is 0 Å². The maximum Gasteiger partial charge on any atom is 0.0919 e. The molecule has 2 heterocycles. The third-order valence-electron chi connectivity index (χ3n) is 5.30. The highest BCUT2D eigenvalue weighted by atomic mass is 32.1. The third kappa shape index (κ3) is 4.51. The minimum absolute atomic E-state index is 1.06. The van der Waals surface area contributed by atoms with Crippen molar-refractivity contribution in [1.29, 1.82) is 0 Å². The maximum absolute atomic E-state index is 4.74. The van der Waals surface area contributed by atoms with Crippen LogP contribution in [0, 0.1) is 6.92 Å². The second-order valence-corrected chi connectivity index (χ2v) is 7.82. The summed E-state index contributed by atoms with van der Waals surface area (Å²) in [6.45, 7) is 12.2. The summed E-state index contributed by atoms with van der Waals surface area (Å²) in [6, 6.07) is 13.3. The smallest absolute Gasteiger partial charge is 0.0919 e. The highest BCUT2D eigenvalue weighted by Gasteiger charge is 2.14. The maximum atomic E-state index is 4.74. The normalized spacial score (nSPS) is 10.6. The molecule has 0 radical (unpaired) electrons. The molecule has 0 aliphatic carbocycles. The number of benzene rings is 2. The molecule has 29 heavy (non-hydrogen) atoms. The van der Waals surface area contributed by atoms with Gasteiger partial charge in [0.05, 0.1) is 5.69 Å². The number of H-pyrrole nitrogens is 1. The van der Waals surface area contributed by atoms with E-state index in [1.165, 1.54) is 55.8 Å². The molecular weight excluding hydrogens is 372 g/mol. The van der Waals surface area contributed by atoms with E-state index in [1.807, 2.05) is 12.3 Å². The summed E-state index contributed by atoms with van der Waals surface area (Å²) in [4.78, 5) is 3.26. The molecule has 0 saturated heterocycles. The lowest BCUT2D eigenvalue weighted by Gasteiger charge is -2.13. The Kier molecular flexibility index (Phi) is 7.05. The molecule has 0 amide bonds. The van der Waals surface area contributed by atoms with Gasteiger partial charge in [-0.05, 0) is 95.7 Å². The largest absolute Gasteiger partial charge is 0.361 e. The topological polar surface area (TPSA) is 28.7 Å². The quantitative estimate of drug-likeness (QED) is 0.337. The summed E-state index contributed by atoms with van der Waals surface area (Å²) in [5.41, 5.74) is 10.2. The summed E-state index contributed by atoms with van der Waals surface area (Å²) >= 11 is 1.53. The molecule has 0 atom stereocenters. The fraction of sp³-hybridized carbons (Fsp3) is 0.269. The first-order valence-corrected chi connectivity index (χ1v) is 11.2. The number of rotatable bonds is 5.